The zero-order chi connectivity index (χ0) is 24.8. The largest absolute Gasteiger partial charge is 0.383 e. The molecule has 3 aromatic rings. The van der Waals surface area contributed by atoms with Gasteiger partial charge in [-0.15, -0.1) is 0 Å². The predicted octanol–water partition coefficient (Wildman–Crippen LogP) is 4.04. The maximum atomic E-state index is 11.7. The third-order valence-corrected chi connectivity index (χ3v) is 6.56. The topological polar surface area (TPSA) is 108 Å². The molecule has 0 saturated heterocycles. The fourth-order valence-electron chi connectivity index (χ4n) is 3.95. The summed E-state index contributed by atoms with van der Waals surface area (Å²) in [5, 5.41) is 6.67. The minimum Gasteiger partial charge on any atom is -0.383 e. The Morgan fingerprint density at radius 3 is 2.54 bits per heavy atom. The first-order chi connectivity index (χ1) is 16.8. The molecule has 186 valence electrons. The van der Waals surface area contributed by atoms with Crippen LogP contribution in [-0.2, 0) is 27.6 Å². The summed E-state index contributed by atoms with van der Waals surface area (Å²) < 4.78 is 31.1. The van der Waals surface area contributed by atoms with Crippen molar-refractivity contribution >= 4 is 50.5 Å². The zero-order valence-electron chi connectivity index (χ0n) is 19.7. The Bertz CT molecular complexity index is 1290. The predicted molar refractivity (Wildman–Crippen MR) is 141 cm³/mol. The van der Waals surface area contributed by atoms with E-state index in [1.165, 1.54) is 17.3 Å². The van der Waals surface area contributed by atoms with Crippen LogP contribution >= 0.6 is 11.6 Å². The highest BCUT2D eigenvalue weighted by Crippen LogP contribution is 2.30. The second kappa shape index (κ2) is 11.2. The summed E-state index contributed by atoms with van der Waals surface area (Å²) in [6.45, 7) is 3.69. The average Bonchev–Trinajstić information content (AvgIpc) is 3.02. The minimum absolute atomic E-state index is 0.308. The lowest BCUT2D eigenvalue weighted by atomic mass is 10.0. The molecule has 0 fully saturated rings. The number of nitrogens with one attached hydrogen (secondary N) is 3. The number of halogens is 1. The quantitative estimate of drug-likeness (QED) is 0.391. The van der Waals surface area contributed by atoms with Crippen LogP contribution in [0.5, 0.6) is 0 Å². The second-order valence-electron chi connectivity index (χ2n) is 8.38. The first-order valence-corrected chi connectivity index (χ1v) is 13.5. The van der Waals surface area contributed by atoms with Gasteiger partial charge in [0.15, 0.2) is 5.82 Å². The molecule has 1 aliphatic heterocycles. The van der Waals surface area contributed by atoms with Crippen molar-refractivity contribution in [3.8, 4) is 0 Å². The van der Waals surface area contributed by atoms with E-state index in [0.717, 1.165) is 51.0 Å². The van der Waals surface area contributed by atoms with E-state index in [2.05, 4.69) is 42.4 Å². The number of rotatable bonds is 9. The third-order valence-electron chi connectivity index (χ3n) is 5.69. The monoisotopic (exact) mass is 516 g/mol. The van der Waals surface area contributed by atoms with Gasteiger partial charge in [-0.25, -0.2) is 13.4 Å². The Hall–Kier alpha value is -2.92. The number of anilines is 5. The van der Waals surface area contributed by atoms with E-state index in [1.807, 2.05) is 6.07 Å². The van der Waals surface area contributed by atoms with Crippen LogP contribution in [0.15, 0.2) is 48.7 Å². The zero-order valence-corrected chi connectivity index (χ0v) is 21.3. The molecule has 2 aromatic carbocycles. The Morgan fingerprint density at radius 2 is 1.80 bits per heavy atom. The van der Waals surface area contributed by atoms with Crippen LogP contribution in [-0.4, -0.2) is 62.9 Å². The molecule has 0 atom stereocenters. The summed E-state index contributed by atoms with van der Waals surface area (Å²) >= 11 is 6.33. The number of para-hydroxylation sites is 2. The number of hydrogen-bond acceptors (Lipinski definition) is 8. The summed E-state index contributed by atoms with van der Waals surface area (Å²) in [5.41, 5.74) is 4.46. The van der Waals surface area contributed by atoms with Crippen LogP contribution in [0.25, 0.3) is 0 Å². The van der Waals surface area contributed by atoms with Crippen molar-refractivity contribution in [2.45, 2.75) is 12.8 Å². The maximum Gasteiger partial charge on any atom is 0.229 e. The van der Waals surface area contributed by atoms with Crippen molar-refractivity contribution in [2.24, 2.45) is 0 Å². The lowest BCUT2D eigenvalue weighted by Crippen LogP contribution is -2.29. The Kier molecular flexibility index (Phi) is 8.07. The smallest absolute Gasteiger partial charge is 0.229 e. The van der Waals surface area contributed by atoms with Gasteiger partial charge in [-0.3, -0.25) is 4.72 Å². The van der Waals surface area contributed by atoms with Crippen LogP contribution in [0.1, 0.15) is 11.1 Å². The van der Waals surface area contributed by atoms with E-state index in [0.29, 0.717) is 28.2 Å². The highest BCUT2D eigenvalue weighted by Gasteiger charge is 2.15. The molecule has 0 radical (unpaired) electrons. The number of aromatic nitrogens is 2. The van der Waals surface area contributed by atoms with Crippen molar-refractivity contribution in [2.75, 3.05) is 55.0 Å². The summed E-state index contributed by atoms with van der Waals surface area (Å²) in [4.78, 5) is 11.2. The van der Waals surface area contributed by atoms with Crippen LogP contribution in [0.4, 0.5) is 28.8 Å². The molecule has 0 amide bonds. The normalized spacial score (nSPS) is 14.1. The molecule has 0 spiro atoms. The van der Waals surface area contributed by atoms with Gasteiger partial charge in [0.05, 0.1) is 30.4 Å². The number of fused-ring (bicyclic) bond motifs is 1. The molecular formula is C24H29ClN6O3S. The van der Waals surface area contributed by atoms with Gasteiger partial charge in [0.25, 0.3) is 0 Å². The molecule has 1 aromatic heterocycles. The standard InChI is InChI=1S/C24H29ClN6O3S/c1-34-14-13-31-11-9-17-7-8-19(15-18(17)10-12-31)27-24-26-16-20(25)23(29-24)28-21-5-3-4-6-22(21)30-35(2,32)33/h3-8,15-16,30H,9-14H2,1-2H3,(H2,26,27,28,29). The van der Waals surface area contributed by atoms with Crippen molar-refractivity contribution in [3.63, 3.8) is 0 Å². The lowest BCUT2D eigenvalue weighted by molar-refractivity contribution is 0.150. The Morgan fingerprint density at radius 1 is 1.06 bits per heavy atom. The molecule has 2 heterocycles. The number of hydrogen-bond donors (Lipinski definition) is 3. The molecule has 0 bridgehead atoms. The minimum atomic E-state index is -3.45. The lowest BCUT2D eigenvalue weighted by Gasteiger charge is -2.18. The molecule has 11 heteroatoms. The number of sulfonamides is 1. The molecule has 4 rings (SSSR count). The maximum absolute atomic E-state index is 11.7. The van der Waals surface area contributed by atoms with Crippen molar-refractivity contribution < 1.29 is 13.2 Å². The molecule has 1 aliphatic rings. The van der Waals surface area contributed by atoms with Gasteiger partial charge in [-0.1, -0.05) is 29.8 Å². The van der Waals surface area contributed by atoms with E-state index in [4.69, 9.17) is 16.3 Å². The third kappa shape index (κ3) is 7.04. The van der Waals surface area contributed by atoms with E-state index in [9.17, 15) is 8.42 Å². The van der Waals surface area contributed by atoms with Gasteiger partial charge in [0, 0.05) is 32.4 Å². The molecule has 0 saturated carbocycles. The summed E-state index contributed by atoms with van der Waals surface area (Å²) in [6, 6.07) is 13.2. The SMILES string of the molecule is COCCN1CCc2ccc(Nc3ncc(Cl)c(Nc4ccccc4NS(C)(=O)=O)n3)cc2CC1. The van der Waals surface area contributed by atoms with Crippen molar-refractivity contribution in [1.82, 2.24) is 14.9 Å². The fraction of sp³-hybridized carbons (Fsp3) is 0.333. The van der Waals surface area contributed by atoms with Gasteiger partial charge in [0.2, 0.25) is 16.0 Å². The molecule has 35 heavy (non-hydrogen) atoms. The molecule has 0 aliphatic carbocycles. The first-order valence-electron chi connectivity index (χ1n) is 11.3. The summed E-state index contributed by atoms with van der Waals surface area (Å²) in [6.07, 6.45) is 4.57. The van der Waals surface area contributed by atoms with Gasteiger partial charge in [-0.05, 0) is 48.2 Å². The van der Waals surface area contributed by atoms with E-state index >= 15 is 0 Å². The molecule has 3 N–H and O–H groups in total. The highest BCUT2D eigenvalue weighted by molar-refractivity contribution is 7.92. The van der Waals surface area contributed by atoms with Gasteiger partial charge < -0.3 is 20.3 Å². The fourth-order valence-corrected chi connectivity index (χ4v) is 4.66. The van der Waals surface area contributed by atoms with Gasteiger partial charge in [-0.2, -0.15) is 4.98 Å². The van der Waals surface area contributed by atoms with Gasteiger partial charge >= 0.3 is 0 Å². The molecule has 9 nitrogen and oxygen atoms in total. The highest BCUT2D eigenvalue weighted by atomic mass is 35.5. The van der Waals surface area contributed by atoms with Gasteiger partial charge in [0.1, 0.15) is 5.02 Å². The number of nitrogens with zero attached hydrogens (tertiary/aromatic N) is 3. The second-order valence-corrected chi connectivity index (χ2v) is 10.5. The Balaban J connectivity index is 1.50. The van der Waals surface area contributed by atoms with Crippen LogP contribution < -0.4 is 15.4 Å². The number of benzene rings is 2. The first kappa shape index (κ1) is 25.2. The van der Waals surface area contributed by atoms with Crippen LogP contribution in [0, 0.1) is 0 Å². The van der Waals surface area contributed by atoms with Crippen LogP contribution in [0.2, 0.25) is 5.02 Å². The number of methoxy groups -OCH3 is 1. The van der Waals surface area contributed by atoms with Crippen molar-refractivity contribution in [1.29, 1.82) is 0 Å². The van der Waals surface area contributed by atoms with Crippen LogP contribution in [0.3, 0.4) is 0 Å². The Labute approximate surface area is 210 Å². The molecule has 0 unspecified atom stereocenters. The van der Waals surface area contributed by atoms with Crippen molar-refractivity contribution in [3.05, 3.63) is 64.8 Å². The number of ether oxygens (including phenoxy) is 1. The summed E-state index contributed by atoms with van der Waals surface area (Å²) in [5.74, 6) is 0.733. The summed E-state index contributed by atoms with van der Waals surface area (Å²) in [7, 11) is -1.72. The molecular weight excluding hydrogens is 488 g/mol. The van der Waals surface area contributed by atoms with E-state index in [1.54, 1.807) is 31.4 Å². The van der Waals surface area contributed by atoms with E-state index in [-0.39, 0.29) is 0 Å². The van der Waals surface area contributed by atoms with E-state index < -0.39 is 10.0 Å². The average molecular weight is 517 g/mol.